The van der Waals surface area contributed by atoms with E-state index in [1.165, 1.54) is 6.42 Å². The summed E-state index contributed by atoms with van der Waals surface area (Å²) >= 11 is 0. The molecule has 0 bridgehead atoms. The second-order valence-corrected chi connectivity index (χ2v) is 7.15. The van der Waals surface area contributed by atoms with Crippen molar-refractivity contribution in [2.75, 3.05) is 26.9 Å². The maximum Gasteiger partial charge on any atom is 0.254 e. The smallest absolute Gasteiger partial charge is 0.254 e. The van der Waals surface area contributed by atoms with E-state index in [4.69, 9.17) is 9.47 Å². The molecule has 1 aromatic carbocycles. The Morgan fingerprint density at radius 1 is 1.25 bits per heavy atom. The summed E-state index contributed by atoms with van der Waals surface area (Å²) in [4.78, 5) is 15.2. The fraction of sp³-hybridized carbons (Fsp3) is 0.650. The molecular formula is C20H31NO3. The molecule has 0 N–H and O–H groups in total. The zero-order valence-electron chi connectivity index (χ0n) is 15.5. The molecule has 0 spiro atoms. The molecule has 24 heavy (non-hydrogen) atoms. The molecule has 1 aliphatic heterocycles. The van der Waals surface area contributed by atoms with Gasteiger partial charge in [0, 0.05) is 25.3 Å². The van der Waals surface area contributed by atoms with Crippen LogP contribution in [0.1, 0.15) is 50.4 Å². The number of likely N-dealkylation sites (tertiary alicyclic amines) is 1. The van der Waals surface area contributed by atoms with Crippen LogP contribution in [0.2, 0.25) is 0 Å². The van der Waals surface area contributed by atoms with Crippen LogP contribution in [0.4, 0.5) is 0 Å². The van der Waals surface area contributed by atoms with Crippen LogP contribution in [-0.4, -0.2) is 43.7 Å². The Hall–Kier alpha value is -1.55. The number of methoxy groups -OCH3 is 1. The summed E-state index contributed by atoms with van der Waals surface area (Å²) in [6, 6.07) is 7.83. The van der Waals surface area contributed by atoms with Crippen LogP contribution in [0.3, 0.4) is 0 Å². The lowest BCUT2D eigenvalue weighted by Crippen LogP contribution is -2.42. The van der Waals surface area contributed by atoms with Crippen molar-refractivity contribution in [1.29, 1.82) is 0 Å². The van der Waals surface area contributed by atoms with Crippen molar-refractivity contribution < 1.29 is 14.3 Å². The van der Waals surface area contributed by atoms with E-state index in [-0.39, 0.29) is 5.91 Å². The number of nitrogens with zero attached hydrogens (tertiary/aromatic N) is 1. The van der Waals surface area contributed by atoms with Gasteiger partial charge in [-0.3, -0.25) is 4.79 Å². The summed E-state index contributed by atoms with van der Waals surface area (Å²) in [7, 11) is 1.65. The molecule has 1 aliphatic rings. The normalized spacial score (nSPS) is 21.6. The molecule has 0 aromatic heterocycles. The topological polar surface area (TPSA) is 38.8 Å². The van der Waals surface area contributed by atoms with E-state index in [0.717, 1.165) is 25.1 Å². The van der Waals surface area contributed by atoms with Gasteiger partial charge in [-0.05, 0) is 49.3 Å². The van der Waals surface area contributed by atoms with Crippen LogP contribution in [0.5, 0.6) is 5.75 Å². The lowest BCUT2D eigenvalue weighted by atomic mass is 9.95. The van der Waals surface area contributed by atoms with Gasteiger partial charge in [0.15, 0.2) is 0 Å². The quantitative estimate of drug-likeness (QED) is 0.739. The van der Waals surface area contributed by atoms with E-state index in [2.05, 4.69) is 25.7 Å². The minimum absolute atomic E-state index is 0.125. The van der Waals surface area contributed by atoms with Gasteiger partial charge in [-0.2, -0.15) is 0 Å². The first kappa shape index (κ1) is 18.8. The Kier molecular flexibility index (Phi) is 7.10. The van der Waals surface area contributed by atoms with Crippen LogP contribution < -0.4 is 4.74 Å². The van der Waals surface area contributed by atoms with Gasteiger partial charge >= 0.3 is 0 Å². The largest absolute Gasteiger partial charge is 0.491 e. The fourth-order valence-electron chi connectivity index (χ4n) is 3.35. The first-order valence-corrected chi connectivity index (χ1v) is 9.05. The summed E-state index contributed by atoms with van der Waals surface area (Å²) in [6.45, 7) is 8.59. The lowest BCUT2D eigenvalue weighted by Gasteiger charge is -2.33. The van der Waals surface area contributed by atoms with Crippen molar-refractivity contribution in [1.82, 2.24) is 4.90 Å². The average Bonchev–Trinajstić information content (AvgIpc) is 2.76. The predicted molar refractivity (Wildman–Crippen MR) is 96.5 cm³/mol. The van der Waals surface area contributed by atoms with E-state index in [9.17, 15) is 4.79 Å². The average molecular weight is 333 g/mol. The molecule has 0 radical (unpaired) electrons. The highest BCUT2D eigenvalue weighted by Gasteiger charge is 2.30. The summed E-state index contributed by atoms with van der Waals surface area (Å²) in [6.07, 6.45) is 3.38. The van der Waals surface area contributed by atoms with Gasteiger partial charge in [-0.15, -0.1) is 0 Å². The van der Waals surface area contributed by atoms with Crippen LogP contribution in [0, 0.1) is 11.8 Å². The molecule has 1 fully saturated rings. The second kappa shape index (κ2) is 9.07. The summed E-state index contributed by atoms with van der Waals surface area (Å²) in [5.74, 6) is 2.01. The highest BCUT2D eigenvalue weighted by Crippen LogP contribution is 2.27. The molecule has 1 amide bonds. The van der Waals surface area contributed by atoms with Crippen molar-refractivity contribution in [2.24, 2.45) is 11.8 Å². The molecule has 2 unspecified atom stereocenters. The Bertz CT molecular complexity index is 529. The molecule has 2 atom stereocenters. The van der Waals surface area contributed by atoms with Gasteiger partial charge in [0.25, 0.3) is 5.91 Å². The third kappa shape index (κ3) is 4.97. The van der Waals surface area contributed by atoms with Crippen LogP contribution in [-0.2, 0) is 4.74 Å². The first-order chi connectivity index (χ1) is 11.5. The highest BCUT2D eigenvalue weighted by atomic mass is 16.5. The standard InChI is InChI=1S/C20H31NO3/c1-15(2)19-9-8-16(3)10-11-21(19)20(22)17-6-5-7-18(14-17)24-13-12-23-4/h5-7,14-16,19H,8-13H2,1-4H3. The molecule has 4 heteroatoms. The Morgan fingerprint density at radius 2 is 2.04 bits per heavy atom. The Balaban J connectivity index is 2.14. The van der Waals surface area contributed by atoms with E-state index in [1.54, 1.807) is 7.11 Å². The van der Waals surface area contributed by atoms with Gasteiger partial charge in [-0.25, -0.2) is 0 Å². The van der Waals surface area contributed by atoms with Crippen molar-refractivity contribution in [2.45, 2.75) is 46.1 Å². The third-order valence-electron chi connectivity index (χ3n) is 4.89. The molecular weight excluding hydrogens is 302 g/mol. The Morgan fingerprint density at radius 3 is 2.75 bits per heavy atom. The van der Waals surface area contributed by atoms with Crippen LogP contribution in [0.25, 0.3) is 0 Å². The second-order valence-electron chi connectivity index (χ2n) is 7.15. The van der Waals surface area contributed by atoms with Gasteiger partial charge in [0.05, 0.1) is 6.61 Å². The first-order valence-electron chi connectivity index (χ1n) is 9.05. The SMILES string of the molecule is COCCOc1cccc(C(=O)N2CCC(C)CCC2C(C)C)c1. The van der Waals surface area contributed by atoms with Crippen molar-refractivity contribution >= 4 is 5.91 Å². The van der Waals surface area contributed by atoms with E-state index in [0.29, 0.717) is 36.7 Å². The molecule has 1 aromatic rings. The molecule has 1 heterocycles. The molecule has 4 nitrogen and oxygen atoms in total. The van der Waals surface area contributed by atoms with Crippen molar-refractivity contribution in [3.8, 4) is 5.75 Å². The highest BCUT2D eigenvalue weighted by molar-refractivity contribution is 5.94. The summed E-state index contributed by atoms with van der Waals surface area (Å²) in [5.41, 5.74) is 0.713. The van der Waals surface area contributed by atoms with E-state index >= 15 is 0 Å². The third-order valence-corrected chi connectivity index (χ3v) is 4.89. The number of carbonyl (C=O) groups excluding carboxylic acids is 1. The van der Waals surface area contributed by atoms with Crippen LogP contribution in [0.15, 0.2) is 24.3 Å². The molecule has 134 valence electrons. The van der Waals surface area contributed by atoms with Gasteiger partial charge in [-0.1, -0.05) is 26.8 Å². The molecule has 2 rings (SSSR count). The van der Waals surface area contributed by atoms with E-state index < -0.39 is 0 Å². The van der Waals surface area contributed by atoms with Crippen molar-refractivity contribution in [3.05, 3.63) is 29.8 Å². The van der Waals surface area contributed by atoms with Gasteiger partial charge in [0.1, 0.15) is 12.4 Å². The summed E-state index contributed by atoms with van der Waals surface area (Å²) < 4.78 is 10.6. The van der Waals surface area contributed by atoms with Crippen molar-refractivity contribution in [3.63, 3.8) is 0 Å². The molecule has 1 saturated heterocycles. The van der Waals surface area contributed by atoms with Gasteiger partial charge in [0.2, 0.25) is 0 Å². The maximum absolute atomic E-state index is 13.1. The van der Waals surface area contributed by atoms with E-state index in [1.807, 2.05) is 24.3 Å². The minimum Gasteiger partial charge on any atom is -0.491 e. The number of hydrogen-bond acceptors (Lipinski definition) is 3. The molecule has 0 saturated carbocycles. The number of amides is 1. The predicted octanol–water partition coefficient (Wildman–Crippen LogP) is 4.00. The minimum atomic E-state index is 0.125. The summed E-state index contributed by atoms with van der Waals surface area (Å²) in [5, 5.41) is 0. The zero-order chi connectivity index (χ0) is 17.5. The van der Waals surface area contributed by atoms with Gasteiger partial charge < -0.3 is 14.4 Å². The number of benzene rings is 1. The monoisotopic (exact) mass is 333 g/mol. The number of carbonyl (C=O) groups is 1. The Labute approximate surface area is 146 Å². The number of ether oxygens (including phenoxy) is 2. The maximum atomic E-state index is 13.1. The lowest BCUT2D eigenvalue weighted by molar-refractivity contribution is 0.0630. The number of hydrogen-bond donors (Lipinski definition) is 0. The number of rotatable bonds is 6. The van der Waals surface area contributed by atoms with Crippen LogP contribution >= 0.6 is 0 Å². The fourth-order valence-corrected chi connectivity index (χ4v) is 3.35. The molecule has 0 aliphatic carbocycles. The zero-order valence-corrected chi connectivity index (χ0v) is 15.5.